The van der Waals surface area contributed by atoms with E-state index < -0.39 is 5.97 Å². The van der Waals surface area contributed by atoms with Crippen LogP contribution in [0.2, 0.25) is 0 Å². The normalized spacial score (nSPS) is 21.1. The maximum absolute atomic E-state index is 11.1. The van der Waals surface area contributed by atoms with Crippen LogP contribution in [0.1, 0.15) is 35.9 Å². The molecule has 4 rings (SSSR count). The van der Waals surface area contributed by atoms with Crippen molar-refractivity contribution in [3.8, 4) is 17.0 Å². The van der Waals surface area contributed by atoms with Gasteiger partial charge in [-0.1, -0.05) is 24.3 Å². The molecule has 1 saturated heterocycles. The standard InChI is InChI=1S/C23H24N4O4/c1-13-14(2)31-21(15-7-9-16(10-8-15)23(29)30)12-27(13)19-11-18(25-26-22(19)24)17-5-3-4-6-20(17)28/h3-11,13-14,21,28H,12H2,1-2H3,(H2,24,26)(H,29,30)/t13-,14+,21+/m0/s1. The number of hydrogen-bond donors (Lipinski definition) is 3. The van der Waals surface area contributed by atoms with Gasteiger partial charge in [0.25, 0.3) is 0 Å². The molecular weight excluding hydrogens is 396 g/mol. The molecule has 0 saturated carbocycles. The summed E-state index contributed by atoms with van der Waals surface area (Å²) in [5.41, 5.74) is 9.12. The largest absolute Gasteiger partial charge is 0.507 e. The van der Waals surface area contributed by atoms with Crippen molar-refractivity contribution in [1.29, 1.82) is 0 Å². The van der Waals surface area contributed by atoms with Crippen LogP contribution in [0.3, 0.4) is 0 Å². The van der Waals surface area contributed by atoms with E-state index in [1.165, 1.54) is 0 Å². The van der Waals surface area contributed by atoms with Crippen molar-refractivity contribution >= 4 is 17.5 Å². The van der Waals surface area contributed by atoms with Crippen molar-refractivity contribution in [2.45, 2.75) is 32.1 Å². The van der Waals surface area contributed by atoms with Gasteiger partial charge in [-0.3, -0.25) is 0 Å². The molecule has 1 aliphatic rings. The fourth-order valence-electron chi connectivity index (χ4n) is 3.80. The maximum Gasteiger partial charge on any atom is 0.335 e. The molecule has 1 aromatic heterocycles. The van der Waals surface area contributed by atoms with Gasteiger partial charge < -0.3 is 25.6 Å². The first-order valence-electron chi connectivity index (χ1n) is 10.0. The van der Waals surface area contributed by atoms with Crippen LogP contribution < -0.4 is 10.6 Å². The molecule has 4 N–H and O–H groups in total. The van der Waals surface area contributed by atoms with E-state index in [0.29, 0.717) is 29.3 Å². The molecule has 31 heavy (non-hydrogen) atoms. The van der Waals surface area contributed by atoms with Crippen LogP contribution in [0.4, 0.5) is 11.5 Å². The number of hydrogen-bond acceptors (Lipinski definition) is 7. The molecule has 1 fully saturated rings. The number of rotatable bonds is 4. The summed E-state index contributed by atoms with van der Waals surface area (Å²) >= 11 is 0. The van der Waals surface area contributed by atoms with Crippen molar-refractivity contribution in [2.75, 3.05) is 17.2 Å². The first-order chi connectivity index (χ1) is 14.8. The second-order valence-corrected chi connectivity index (χ2v) is 7.67. The third-order valence-corrected chi connectivity index (χ3v) is 5.73. The number of nitrogen functional groups attached to an aromatic ring is 1. The Morgan fingerprint density at radius 2 is 1.84 bits per heavy atom. The van der Waals surface area contributed by atoms with Crippen molar-refractivity contribution in [3.05, 3.63) is 65.7 Å². The second kappa shape index (κ2) is 8.23. The van der Waals surface area contributed by atoms with Crippen molar-refractivity contribution in [1.82, 2.24) is 10.2 Å². The Balaban J connectivity index is 1.68. The van der Waals surface area contributed by atoms with E-state index in [-0.39, 0.29) is 29.6 Å². The summed E-state index contributed by atoms with van der Waals surface area (Å²) in [6.07, 6.45) is -0.380. The van der Waals surface area contributed by atoms with Crippen LogP contribution in [0.15, 0.2) is 54.6 Å². The predicted molar refractivity (Wildman–Crippen MR) is 117 cm³/mol. The number of nitrogens with zero attached hydrogens (tertiary/aromatic N) is 3. The Bertz CT molecular complexity index is 1100. The number of nitrogens with two attached hydrogens (primary N) is 1. The minimum atomic E-state index is -0.966. The summed E-state index contributed by atoms with van der Waals surface area (Å²) < 4.78 is 6.20. The van der Waals surface area contributed by atoms with Crippen molar-refractivity contribution in [2.24, 2.45) is 0 Å². The number of phenols is 1. The maximum atomic E-state index is 11.1. The number of carboxylic acid groups (broad SMARTS) is 1. The van der Waals surface area contributed by atoms with E-state index in [1.54, 1.807) is 42.5 Å². The number of benzene rings is 2. The molecular formula is C23H24N4O4. The monoisotopic (exact) mass is 420 g/mol. The third-order valence-electron chi connectivity index (χ3n) is 5.73. The lowest BCUT2D eigenvalue weighted by molar-refractivity contribution is -0.0372. The number of carbonyl (C=O) groups is 1. The highest BCUT2D eigenvalue weighted by Crippen LogP contribution is 2.37. The van der Waals surface area contributed by atoms with Gasteiger partial charge in [0.05, 0.1) is 29.1 Å². The predicted octanol–water partition coefficient (Wildman–Crippen LogP) is 3.48. The number of aromatic carboxylic acids is 1. The smallest absolute Gasteiger partial charge is 0.335 e. The quantitative estimate of drug-likeness (QED) is 0.586. The van der Waals surface area contributed by atoms with Crippen molar-refractivity contribution < 1.29 is 19.7 Å². The minimum absolute atomic E-state index is 0.0123. The fraction of sp³-hybridized carbons (Fsp3) is 0.261. The molecule has 0 amide bonds. The lowest BCUT2D eigenvalue weighted by Crippen LogP contribution is -2.50. The first-order valence-corrected chi connectivity index (χ1v) is 10.0. The van der Waals surface area contributed by atoms with Crippen LogP contribution in [0.25, 0.3) is 11.3 Å². The minimum Gasteiger partial charge on any atom is -0.507 e. The van der Waals surface area contributed by atoms with E-state index in [1.807, 2.05) is 26.0 Å². The molecule has 0 bridgehead atoms. The van der Waals surface area contributed by atoms with E-state index in [2.05, 4.69) is 15.1 Å². The number of aromatic nitrogens is 2. The Morgan fingerprint density at radius 3 is 2.52 bits per heavy atom. The number of anilines is 2. The zero-order valence-electron chi connectivity index (χ0n) is 17.3. The van der Waals surface area contributed by atoms with Crippen LogP contribution in [-0.4, -0.2) is 45.1 Å². The average Bonchev–Trinajstić information content (AvgIpc) is 2.76. The van der Waals surface area contributed by atoms with E-state index in [4.69, 9.17) is 15.6 Å². The van der Waals surface area contributed by atoms with Crippen molar-refractivity contribution in [3.63, 3.8) is 0 Å². The number of ether oxygens (including phenoxy) is 1. The van der Waals surface area contributed by atoms with Crippen LogP contribution in [0.5, 0.6) is 5.75 Å². The molecule has 2 aromatic carbocycles. The summed E-state index contributed by atoms with van der Waals surface area (Å²) in [4.78, 5) is 13.3. The van der Waals surface area contributed by atoms with Gasteiger partial charge in [0.2, 0.25) is 0 Å². The van der Waals surface area contributed by atoms with Crippen LogP contribution >= 0.6 is 0 Å². The van der Waals surface area contributed by atoms with Gasteiger partial charge >= 0.3 is 5.97 Å². The number of carboxylic acids is 1. The molecule has 8 nitrogen and oxygen atoms in total. The summed E-state index contributed by atoms with van der Waals surface area (Å²) in [6, 6.07) is 15.5. The highest BCUT2D eigenvalue weighted by molar-refractivity contribution is 5.87. The Kier molecular flexibility index (Phi) is 5.48. The molecule has 0 spiro atoms. The number of aromatic hydroxyl groups is 1. The summed E-state index contributed by atoms with van der Waals surface area (Å²) in [6.45, 7) is 4.55. The summed E-state index contributed by atoms with van der Waals surface area (Å²) in [7, 11) is 0. The zero-order chi connectivity index (χ0) is 22.1. The summed E-state index contributed by atoms with van der Waals surface area (Å²) in [5.74, 6) is -0.556. The third kappa shape index (κ3) is 4.02. The van der Waals surface area contributed by atoms with Crippen LogP contribution in [-0.2, 0) is 4.74 Å². The van der Waals surface area contributed by atoms with Gasteiger partial charge in [0.15, 0.2) is 5.82 Å². The fourth-order valence-corrected chi connectivity index (χ4v) is 3.80. The van der Waals surface area contributed by atoms with E-state index in [9.17, 15) is 9.90 Å². The zero-order valence-corrected chi connectivity index (χ0v) is 17.3. The highest BCUT2D eigenvalue weighted by Gasteiger charge is 2.34. The molecule has 160 valence electrons. The number of para-hydroxylation sites is 1. The SMILES string of the molecule is C[C@H]1O[C@@H](c2ccc(C(=O)O)cc2)CN(c2cc(-c3ccccc3O)nnc2N)[C@H]1C. The molecule has 3 aromatic rings. The van der Waals surface area contributed by atoms with Crippen LogP contribution in [0, 0.1) is 0 Å². The lowest BCUT2D eigenvalue weighted by atomic mass is 10.0. The Hall–Kier alpha value is -3.65. The first kappa shape index (κ1) is 20.6. The van der Waals surface area contributed by atoms with E-state index in [0.717, 1.165) is 5.56 Å². The Labute approximate surface area is 179 Å². The average molecular weight is 420 g/mol. The van der Waals surface area contributed by atoms with Gasteiger partial charge in [0.1, 0.15) is 11.9 Å². The molecule has 1 aliphatic heterocycles. The topological polar surface area (TPSA) is 122 Å². The van der Waals surface area contributed by atoms with Gasteiger partial charge in [-0.15, -0.1) is 10.2 Å². The van der Waals surface area contributed by atoms with Gasteiger partial charge in [0, 0.05) is 12.1 Å². The van der Waals surface area contributed by atoms with Gasteiger partial charge in [-0.05, 0) is 49.7 Å². The molecule has 0 aliphatic carbocycles. The molecule has 3 atom stereocenters. The second-order valence-electron chi connectivity index (χ2n) is 7.67. The van der Waals surface area contributed by atoms with Gasteiger partial charge in [-0.25, -0.2) is 4.79 Å². The van der Waals surface area contributed by atoms with Gasteiger partial charge in [-0.2, -0.15) is 0 Å². The molecule has 0 unspecified atom stereocenters. The summed E-state index contributed by atoms with van der Waals surface area (Å²) in [5, 5.41) is 27.6. The Morgan fingerprint density at radius 1 is 1.13 bits per heavy atom. The highest BCUT2D eigenvalue weighted by atomic mass is 16.5. The lowest BCUT2D eigenvalue weighted by Gasteiger charge is -2.43. The molecule has 2 heterocycles. The molecule has 8 heteroatoms. The number of phenolic OH excluding ortho intramolecular Hbond substituents is 1. The number of morpholine rings is 1. The van der Waals surface area contributed by atoms with E-state index >= 15 is 0 Å². The molecule has 0 radical (unpaired) electrons.